The maximum Gasteiger partial charge on any atom is 0.139 e. The lowest BCUT2D eigenvalue weighted by Crippen LogP contribution is -2.39. The molecule has 3 aromatic rings. The zero-order chi connectivity index (χ0) is 24.6. The molecule has 2 N–H and O–H groups in total. The number of nitrogens with two attached hydrogens (primary N) is 1. The fraction of sp³-hybridized carbons (Fsp3) is 0.357. The van der Waals surface area contributed by atoms with E-state index in [-0.39, 0.29) is 0 Å². The number of aliphatic imine (C=N–C) groups is 1. The lowest BCUT2D eigenvalue weighted by atomic mass is 10.1. The van der Waals surface area contributed by atoms with Gasteiger partial charge in [0.15, 0.2) is 0 Å². The molecule has 1 aromatic heterocycles. The molecular formula is C28H32ClN5S. The number of fused-ring (bicyclic) bond motifs is 1. The number of nitrogen functional groups attached to an aromatic ring is 1. The molecule has 0 bridgehead atoms. The van der Waals surface area contributed by atoms with Crippen LogP contribution >= 0.6 is 24.2 Å². The number of amidine groups is 1. The van der Waals surface area contributed by atoms with Crippen LogP contribution in [0.1, 0.15) is 36.0 Å². The lowest BCUT2D eigenvalue weighted by molar-refractivity contribution is 0.213. The second-order valence-electron chi connectivity index (χ2n) is 8.67. The Morgan fingerprint density at radius 3 is 2.51 bits per heavy atom. The lowest BCUT2D eigenvalue weighted by Gasteiger charge is -2.29. The Balaban J connectivity index is 0.00000141. The van der Waals surface area contributed by atoms with Crippen LogP contribution < -0.4 is 5.73 Å². The van der Waals surface area contributed by atoms with E-state index in [1.165, 1.54) is 32.4 Å². The fourth-order valence-corrected chi connectivity index (χ4v) is 4.76. The van der Waals surface area contributed by atoms with E-state index in [4.69, 9.17) is 22.3 Å². The molecule has 182 valence electrons. The minimum atomic E-state index is 0.415. The van der Waals surface area contributed by atoms with Gasteiger partial charge in [0, 0.05) is 52.8 Å². The van der Waals surface area contributed by atoms with Crippen molar-refractivity contribution < 1.29 is 0 Å². The van der Waals surface area contributed by atoms with E-state index in [1.807, 2.05) is 30.3 Å². The summed E-state index contributed by atoms with van der Waals surface area (Å²) in [6.45, 7) is 6.49. The maximum atomic E-state index is 6.19. The third-order valence-electron chi connectivity index (χ3n) is 6.42. The molecule has 3 heterocycles. The number of anilines is 1. The number of likely N-dealkylation sites (tertiary alicyclic amines) is 1. The molecule has 0 saturated carbocycles. The van der Waals surface area contributed by atoms with Crippen molar-refractivity contribution in [3.63, 3.8) is 0 Å². The number of halogens is 1. The van der Waals surface area contributed by atoms with Crippen LogP contribution in [-0.4, -0.2) is 66.1 Å². The zero-order valence-corrected chi connectivity index (χ0v) is 21.8. The first-order valence-electron chi connectivity index (χ1n) is 12.1. The van der Waals surface area contributed by atoms with E-state index in [1.54, 1.807) is 12.5 Å². The highest BCUT2D eigenvalue weighted by Gasteiger charge is 2.20. The molecule has 0 spiro atoms. The van der Waals surface area contributed by atoms with Crippen LogP contribution in [-0.2, 0) is 0 Å². The Morgan fingerprint density at radius 2 is 1.74 bits per heavy atom. The average Bonchev–Trinajstić information content (AvgIpc) is 3.38. The average molecular weight is 506 g/mol. The first-order chi connectivity index (χ1) is 17.2. The highest BCUT2D eigenvalue weighted by atomic mass is 35.5. The SMILES string of the molecule is CS.Nc1ncc2ccc(Cl)cc2c1C#Cc1ccc(C2=NCCN2CCN2CCCCC2)cc1. The largest absolute Gasteiger partial charge is 0.383 e. The van der Waals surface area contributed by atoms with Gasteiger partial charge < -0.3 is 15.5 Å². The normalized spacial score (nSPS) is 15.7. The van der Waals surface area contributed by atoms with E-state index in [2.05, 4.69) is 51.4 Å². The van der Waals surface area contributed by atoms with Crippen LogP contribution in [0.25, 0.3) is 10.8 Å². The molecule has 5 nitrogen and oxygen atoms in total. The van der Waals surface area contributed by atoms with Crippen molar-refractivity contribution in [3.8, 4) is 11.8 Å². The quantitative estimate of drug-likeness (QED) is 0.388. The Morgan fingerprint density at radius 1 is 0.971 bits per heavy atom. The smallest absolute Gasteiger partial charge is 0.139 e. The molecule has 0 unspecified atom stereocenters. The van der Waals surface area contributed by atoms with Crippen LogP contribution in [0.3, 0.4) is 0 Å². The van der Waals surface area contributed by atoms with E-state index < -0.39 is 0 Å². The Bertz CT molecular complexity index is 1230. The first-order valence-corrected chi connectivity index (χ1v) is 13.4. The Labute approximate surface area is 218 Å². The van der Waals surface area contributed by atoms with Gasteiger partial charge in [0.25, 0.3) is 0 Å². The molecule has 7 heteroatoms. The predicted molar refractivity (Wildman–Crippen MR) is 152 cm³/mol. The predicted octanol–water partition coefficient (Wildman–Crippen LogP) is 4.96. The van der Waals surface area contributed by atoms with Crippen molar-refractivity contribution in [1.82, 2.24) is 14.8 Å². The number of nitrogens with zero attached hydrogens (tertiary/aromatic N) is 4. The van der Waals surface area contributed by atoms with Crippen LogP contribution in [0.4, 0.5) is 5.82 Å². The number of rotatable bonds is 4. The standard InChI is InChI=1S/C27H28ClN5.CH4S/c28-23-10-9-22-19-31-26(29)24(25(22)18-23)11-6-20-4-7-21(8-5-20)27-30-12-15-33(27)17-16-32-13-2-1-3-14-32;1-2/h4-5,7-10,18-19H,1-3,12-17H2,(H2,29,31);2H,1H3. The monoisotopic (exact) mass is 505 g/mol. The van der Waals surface area contributed by atoms with Gasteiger partial charge in [-0.3, -0.25) is 4.99 Å². The third kappa shape index (κ3) is 6.29. The number of hydrogen-bond acceptors (Lipinski definition) is 6. The summed E-state index contributed by atoms with van der Waals surface area (Å²) in [6, 6.07) is 14.0. The van der Waals surface area contributed by atoms with Crippen molar-refractivity contribution in [1.29, 1.82) is 0 Å². The van der Waals surface area contributed by atoms with Gasteiger partial charge in [-0.15, -0.1) is 0 Å². The van der Waals surface area contributed by atoms with Gasteiger partial charge in [0.05, 0.1) is 12.1 Å². The number of aromatic nitrogens is 1. The van der Waals surface area contributed by atoms with Crippen LogP contribution in [0.5, 0.6) is 0 Å². The molecule has 5 rings (SSSR count). The van der Waals surface area contributed by atoms with E-state index >= 15 is 0 Å². The summed E-state index contributed by atoms with van der Waals surface area (Å²) in [5, 5.41) is 2.54. The Hall–Kier alpha value is -2.72. The molecule has 35 heavy (non-hydrogen) atoms. The molecular weight excluding hydrogens is 474 g/mol. The highest BCUT2D eigenvalue weighted by molar-refractivity contribution is 7.79. The van der Waals surface area contributed by atoms with E-state index in [9.17, 15) is 0 Å². The molecule has 0 radical (unpaired) electrons. The van der Waals surface area contributed by atoms with Gasteiger partial charge in [0.1, 0.15) is 11.7 Å². The maximum absolute atomic E-state index is 6.19. The first kappa shape index (κ1) is 25.4. The van der Waals surface area contributed by atoms with Crippen molar-refractivity contribution in [2.24, 2.45) is 4.99 Å². The molecule has 0 aliphatic carbocycles. The van der Waals surface area contributed by atoms with Gasteiger partial charge >= 0.3 is 0 Å². The van der Waals surface area contributed by atoms with Crippen LogP contribution in [0, 0.1) is 11.8 Å². The van der Waals surface area contributed by atoms with Crippen molar-refractivity contribution in [2.45, 2.75) is 19.3 Å². The van der Waals surface area contributed by atoms with E-state index in [0.717, 1.165) is 53.9 Å². The molecule has 2 aliphatic heterocycles. The topological polar surface area (TPSA) is 57.8 Å². The van der Waals surface area contributed by atoms with Crippen molar-refractivity contribution >= 4 is 46.7 Å². The summed E-state index contributed by atoms with van der Waals surface area (Å²) in [5.41, 5.74) is 8.91. The number of benzene rings is 2. The van der Waals surface area contributed by atoms with Gasteiger partial charge in [-0.25, -0.2) is 4.98 Å². The minimum Gasteiger partial charge on any atom is -0.383 e. The summed E-state index contributed by atoms with van der Waals surface area (Å²) in [5.74, 6) is 7.96. The molecule has 0 amide bonds. The molecule has 2 aromatic carbocycles. The second-order valence-corrected chi connectivity index (χ2v) is 9.11. The van der Waals surface area contributed by atoms with Gasteiger partial charge in [-0.2, -0.15) is 12.6 Å². The number of pyridine rings is 1. The molecule has 2 aliphatic rings. The van der Waals surface area contributed by atoms with Crippen LogP contribution in [0.2, 0.25) is 5.02 Å². The molecule has 0 atom stereocenters. The van der Waals surface area contributed by atoms with Crippen LogP contribution in [0.15, 0.2) is 53.7 Å². The molecule has 1 saturated heterocycles. The molecule has 1 fully saturated rings. The Kier molecular flexibility index (Phi) is 8.92. The fourth-order valence-electron chi connectivity index (χ4n) is 4.59. The van der Waals surface area contributed by atoms with Gasteiger partial charge in [-0.1, -0.05) is 48.1 Å². The summed E-state index contributed by atoms with van der Waals surface area (Å²) >= 11 is 9.72. The number of piperidine rings is 1. The third-order valence-corrected chi connectivity index (χ3v) is 6.66. The zero-order valence-electron chi connectivity index (χ0n) is 20.2. The summed E-state index contributed by atoms with van der Waals surface area (Å²) < 4.78 is 0. The minimum absolute atomic E-state index is 0.415. The summed E-state index contributed by atoms with van der Waals surface area (Å²) in [4.78, 5) is 14.1. The highest BCUT2D eigenvalue weighted by Crippen LogP contribution is 2.25. The second kappa shape index (κ2) is 12.3. The van der Waals surface area contributed by atoms with Gasteiger partial charge in [-0.05, 0) is 56.5 Å². The van der Waals surface area contributed by atoms with Crippen molar-refractivity contribution in [2.75, 3.05) is 51.3 Å². The number of thiol groups is 1. The van der Waals surface area contributed by atoms with Gasteiger partial charge in [0.2, 0.25) is 0 Å². The number of hydrogen-bond donors (Lipinski definition) is 2. The summed E-state index contributed by atoms with van der Waals surface area (Å²) in [6.07, 6.45) is 7.48. The van der Waals surface area contributed by atoms with E-state index in [0.29, 0.717) is 16.4 Å². The summed E-state index contributed by atoms with van der Waals surface area (Å²) in [7, 11) is 0. The van der Waals surface area contributed by atoms with Crippen molar-refractivity contribution in [3.05, 3.63) is 70.4 Å².